The van der Waals surface area contributed by atoms with Gasteiger partial charge in [0, 0.05) is 35.1 Å². The van der Waals surface area contributed by atoms with Crippen molar-refractivity contribution in [3.63, 3.8) is 0 Å². The molecule has 0 bridgehead atoms. The lowest BCUT2D eigenvalue weighted by Gasteiger charge is -2.09. The molecule has 22 heavy (non-hydrogen) atoms. The highest BCUT2D eigenvalue weighted by molar-refractivity contribution is 7.13. The normalized spacial score (nSPS) is 10.8. The minimum atomic E-state index is -0.405. The fourth-order valence-corrected chi connectivity index (χ4v) is 3.54. The smallest absolute Gasteiger partial charge is 0.251 e. The van der Waals surface area contributed by atoms with Crippen LogP contribution in [-0.4, -0.2) is 15.5 Å². The Morgan fingerprint density at radius 2 is 1.95 bits per heavy atom. The van der Waals surface area contributed by atoms with Gasteiger partial charge in [0.05, 0.1) is 5.56 Å². The van der Waals surface area contributed by atoms with E-state index in [1.807, 2.05) is 37.4 Å². The summed E-state index contributed by atoms with van der Waals surface area (Å²) in [5.74, 6) is -0.405. The second-order valence-electron chi connectivity index (χ2n) is 5.19. The van der Waals surface area contributed by atoms with Crippen LogP contribution in [0, 0.1) is 13.8 Å². The first-order valence-corrected chi connectivity index (χ1v) is 7.91. The summed E-state index contributed by atoms with van der Waals surface area (Å²) in [6.07, 6.45) is 1.74. The van der Waals surface area contributed by atoms with Crippen molar-refractivity contribution in [2.24, 2.45) is 5.73 Å². The minimum absolute atomic E-state index is 0.405. The molecule has 0 saturated heterocycles. The molecule has 5 heteroatoms. The zero-order valence-corrected chi connectivity index (χ0v) is 13.4. The fourth-order valence-electron chi connectivity index (χ4n) is 2.80. The number of nitrogens with two attached hydrogens (primary N) is 1. The number of amides is 1. The van der Waals surface area contributed by atoms with Gasteiger partial charge in [-0.1, -0.05) is 30.3 Å². The Kier molecular flexibility index (Phi) is 3.81. The quantitative estimate of drug-likeness (QED) is 0.803. The predicted molar refractivity (Wildman–Crippen MR) is 89.1 cm³/mol. The van der Waals surface area contributed by atoms with Gasteiger partial charge in [-0.2, -0.15) is 0 Å². The largest absolute Gasteiger partial charge is 0.366 e. The van der Waals surface area contributed by atoms with Crippen molar-refractivity contribution in [3.8, 4) is 10.6 Å². The maximum atomic E-state index is 11.9. The van der Waals surface area contributed by atoms with Gasteiger partial charge in [-0.3, -0.25) is 4.79 Å². The van der Waals surface area contributed by atoms with Crippen molar-refractivity contribution >= 4 is 17.2 Å². The van der Waals surface area contributed by atoms with Crippen LogP contribution in [0.25, 0.3) is 10.6 Å². The van der Waals surface area contributed by atoms with E-state index in [2.05, 4.69) is 21.7 Å². The number of nitrogens with zero attached hydrogens (tertiary/aromatic N) is 2. The molecule has 2 heterocycles. The number of hydrogen-bond acceptors (Lipinski definition) is 3. The number of benzene rings is 1. The molecule has 3 aromatic rings. The van der Waals surface area contributed by atoms with Crippen molar-refractivity contribution in [3.05, 3.63) is 64.4 Å². The predicted octanol–water partition coefficient (Wildman–Crippen LogP) is 3.38. The van der Waals surface area contributed by atoms with E-state index in [1.165, 1.54) is 16.9 Å². The van der Waals surface area contributed by atoms with Crippen LogP contribution in [0.1, 0.15) is 27.3 Å². The zero-order chi connectivity index (χ0) is 15.7. The van der Waals surface area contributed by atoms with Crippen molar-refractivity contribution in [2.75, 3.05) is 0 Å². The average Bonchev–Trinajstić information content (AvgIpc) is 3.10. The Labute approximate surface area is 133 Å². The van der Waals surface area contributed by atoms with Crippen LogP contribution in [0.3, 0.4) is 0 Å². The van der Waals surface area contributed by atoms with Gasteiger partial charge in [0.15, 0.2) is 0 Å². The maximum absolute atomic E-state index is 11.9. The van der Waals surface area contributed by atoms with E-state index in [0.29, 0.717) is 12.1 Å². The van der Waals surface area contributed by atoms with Crippen LogP contribution >= 0.6 is 11.3 Å². The molecule has 4 nitrogen and oxygen atoms in total. The summed E-state index contributed by atoms with van der Waals surface area (Å²) in [4.78, 5) is 16.3. The lowest BCUT2D eigenvalue weighted by Crippen LogP contribution is -2.13. The van der Waals surface area contributed by atoms with Crippen molar-refractivity contribution in [1.82, 2.24) is 9.55 Å². The highest BCUT2D eigenvalue weighted by Crippen LogP contribution is 2.33. The van der Waals surface area contributed by atoms with Gasteiger partial charge in [0.1, 0.15) is 5.01 Å². The zero-order valence-electron chi connectivity index (χ0n) is 12.5. The fraction of sp³-hybridized carbons (Fsp3) is 0.176. The number of hydrogen-bond donors (Lipinski definition) is 1. The molecule has 1 amide bonds. The SMILES string of the molecule is Cc1c(C(N)=O)c(-c2nccs2)c(C)n1Cc1ccccc1. The second-order valence-corrected chi connectivity index (χ2v) is 6.09. The molecule has 0 atom stereocenters. The molecule has 0 aliphatic rings. The standard InChI is InChI=1S/C17H17N3OS/c1-11-14(16(18)21)15(17-19-8-9-22-17)12(2)20(11)10-13-6-4-3-5-7-13/h3-9H,10H2,1-2H3,(H2,18,21). The maximum Gasteiger partial charge on any atom is 0.251 e. The third-order valence-electron chi connectivity index (χ3n) is 3.86. The molecular formula is C17H17N3OS. The summed E-state index contributed by atoms with van der Waals surface area (Å²) < 4.78 is 2.13. The number of thiazole rings is 1. The first-order valence-electron chi connectivity index (χ1n) is 7.03. The third kappa shape index (κ3) is 2.44. The molecule has 0 aliphatic carbocycles. The van der Waals surface area contributed by atoms with Gasteiger partial charge in [-0.15, -0.1) is 11.3 Å². The van der Waals surface area contributed by atoms with Crippen molar-refractivity contribution < 1.29 is 4.79 Å². The highest BCUT2D eigenvalue weighted by atomic mass is 32.1. The Bertz CT molecular complexity index is 804. The van der Waals surface area contributed by atoms with E-state index < -0.39 is 5.91 Å². The monoisotopic (exact) mass is 311 g/mol. The molecule has 0 saturated carbocycles. The molecule has 2 aromatic heterocycles. The minimum Gasteiger partial charge on any atom is -0.366 e. The molecule has 3 rings (SSSR count). The lowest BCUT2D eigenvalue weighted by atomic mass is 10.1. The Morgan fingerprint density at radius 1 is 1.23 bits per heavy atom. The summed E-state index contributed by atoms with van der Waals surface area (Å²) in [6.45, 7) is 4.66. The molecule has 112 valence electrons. The average molecular weight is 311 g/mol. The second kappa shape index (κ2) is 5.77. The Balaban J connectivity index is 2.16. The van der Waals surface area contributed by atoms with E-state index in [1.54, 1.807) is 6.20 Å². The first kappa shape index (κ1) is 14.5. The molecule has 1 aromatic carbocycles. The van der Waals surface area contributed by atoms with Gasteiger partial charge in [-0.05, 0) is 19.4 Å². The lowest BCUT2D eigenvalue weighted by molar-refractivity contribution is 0.1000. The number of primary amides is 1. The van der Waals surface area contributed by atoms with Crippen LogP contribution < -0.4 is 5.73 Å². The molecule has 0 unspecified atom stereocenters. The summed E-state index contributed by atoms with van der Waals surface area (Å²) in [7, 11) is 0. The van der Waals surface area contributed by atoms with E-state index in [4.69, 9.17) is 5.73 Å². The molecular weight excluding hydrogens is 294 g/mol. The van der Waals surface area contributed by atoms with Crippen LogP contribution in [-0.2, 0) is 6.54 Å². The van der Waals surface area contributed by atoms with Gasteiger partial charge < -0.3 is 10.3 Å². The summed E-state index contributed by atoms with van der Waals surface area (Å²) in [5.41, 5.74) is 10.1. The van der Waals surface area contributed by atoms with E-state index in [-0.39, 0.29) is 0 Å². The molecule has 0 spiro atoms. The van der Waals surface area contributed by atoms with Gasteiger partial charge in [-0.25, -0.2) is 4.98 Å². The van der Waals surface area contributed by atoms with Gasteiger partial charge >= 0.3 is 0 Å². The molecule has 0 fully saturated rings. The van der Waals surface area contributed by atoms with Crippen LogP contribution in [0.2, 0.25) is 0 Å². The van der Waals surface area contributed by atoms with E-state index >= 15 is 0 Å². The number of carbonyl (C=O) groups excluding carboxylic acids is 1. The molecule has 0 aliphatic heterocycles. The van der Waals surface area contributed by atoms with Crippen LogP contribution in [0.15, 0.2) is 41.9 Å². The number of carbonyl (C=O) groups is 1. The van der Waals surface area contributed by atoms with Crippen LogP contribution in [0.5, 0.6) is 0 Å². The van der Waals surface area contributed by atoms with Gasteiger partial charge in [0.2, 0.25) is 0 Å². The first-order chi connectivity index (χ1) is 10.6. The molecule has 2 N–H and O–H groups in total. The van der Waals surface area contributed by atoms with Gasteiger partial charge in [0.25, 0.3) is 5.91 Å². The number of rotatable bonds is 4. The summed E-state index contributed by atoms with van der Waals surface area (Å²) in [5, 5.41) is 2.74. The van der Waals surface area contributed by atoms with Crippen molar-refractivity contribution in [2.45, 2.75) is 20.4 Å². The van der Waals surface area contributed by atoms with Crippen LogP contribution in [0.4, 0.5) is 0 Å². The summed E-state index contributed by atoms with van der Waals surface area (Å²) in [6, 6.07) is 10.2. The molecule has 0 radical (unpaired) electrons. The van der Waals surface area contributed by atoms with E-state index in [9.17, 15) is 4.79 Å². The Hall–Kier alpha value is -2.40. The summed E-state index contributed by atoms with van der Waals surface area (Å²) >= 11 is 1.52. The highest BCUT2D eigenvalue weighted by Gasteiger charge is 2.23. The van der Waals surface area contributed by atoms with E-state index in [0.717, 1.165) is 22.0 Å². The number of aromatic nitrogens is 2. The third-order valence-corrected chi connectivity index (χ3v) is 4.65. The Morgan fingerprint density at radius 3 is 2.55 bits per heavy atom. The van der Waals surface area contributed by atoms with Crippen molar-refractivity contribution in [1.29, 1.82) is 0 Å². The topological polar surface area (TPSA) is 60.9 Å².